The van der Waals surface area contributed by atoms with Gasteiger partial charge >= 0.3 is 0 Å². The van der Waals surface area contributed by atoms with Crippen LogP contribution in [0.25, 0.3) is 5.57 Å². The third-order valence-corrected chi connectivity index (χ3v) is 6.89. The maximum absolute atomic E-state index is 13.1. The molecule has 0 saturated heterocycles. The lowest BCUT2D eigenvalue weighted by Crippen LogP contribution is -2.37. The molecule has 3 rings (SSSR count). The molecule has 0 atom stereocenters. The number of benzene rings is 1. The summed E-state index contributed by atoms with van der Waals surface area (Å²) in [6, 6.07) is 5.52. The summed E-state index contributed by atoms with van der Waals surface area (Å²) in [7, 11) is 7.94. The van der Waals surface area contributed by atoms with Crippen LogP contribution in [0.4, 0.5) is 5.69 Å². The Morgan fingerprint density at radius 2 is 1.98 bits per heavy atom. The number of aliphatic imine (C=N–C) groups is 2. The molecule has 1 fully saturated rings. The zero-order chi connectivity index (χ0) is 32.4. The van der Waals surface area contributed by atoms with E-state index in [0.29, 0.717) is 34.9 Å². The van der Waals surface area contributed by atoms with Crippen LogP contribution in [-0.2, 0) is 14.3 Å². The fourth-order valence-corrected chi connectivity index (χ4v) is 4.27. The van der Waals surface area contributed by atoms with Gasteiger partial charge in [-0.1, -0.05) is 24.8 Å². The minimum Gasteiger partial charge on any atom is -0.494 e. The van der Waals surface area contributed by atoms with Gasteiger partial charge in [-0.2, -0.15) is 4.99 Å². The second-order valence-electron chi connectivity index (χ2n) is 10.1. The molecule has 1 aliphatic heterocycles. The van der Waals surface area contributed by atoms with Gasteiger partial charge in [0.25, 0.3) is 11.8 Å². The van der Waals surface area contributed by atoms with Crippen LogP contribution in [0.3, 0.4) is 0 Å². The maximum atomic E-state index is 13.1. The van der Waals surface area contributed by atoms with Gasteiger partial charge in [0, 0.05) is 57.0 Å². The van der Waals surface area contributed by atoms with Gasteiger partial charge < -0.3 is 41.8 Å². The van der Waals surface area contributed by atoms with E-state index >= 15 is 0 Å². The van der Waals surface area contributed by atoms with Gasteiger partial charge in [0.2, 0.25) is 0 Å². The topological polar surface area (TPSA) is 193 Å². The van der Waals surface area contributed by atoms with E-state index in [1.54, 1.807) is 46.6 Å². The van der Waals surface area contributed by atoms with Crippen LogP contribution in [0.5, 0.6) is 5.75 Å². The number of nitrogens with two attached hydrogens (primary N) is 2. The van der Waals surface area contributed by atoms with Crippen molar-refractivity contribution in [3.8, 4) is 5.75 Å². The Morgan fingerprint density at radius 1 is 1.25 bits per heavy atom. The van der Waals surface area contributed by atoms with Crippen LogP contribution in [0.2, 0.25) is 0 Å². The molecule has 0 radical (unpaired) electrons. The molecular weight excluding hydrogens is 562 g/mol. The van der Waals surface area contributed by atoms with E-state index in [4.69, 9.17) is 26.4 Å². The van der Waals surface area contributed by atoms with Crippen molar-refractivity contribution in [3.05, 3.63) is 77.1 Å². The van der Waals surface area contributed by atoms with Gasteiger partial charge in [-0.25, -0.2) is 0 Å². The molecule has 1 aliphatic carbocycles. The van der Waals surface area contributed by atoms with Crippen LogP contribution >= 0.6 is 0 Å². The molecule has 0 unspecified atom stereocenters. The summed E-state index contributed by atoms with van der Waals surface area (Å²) in [5.41, 5.74) is 15.8. The standard InChI is InChI=1S/C31H41N9O4/c1-18(36-3)27(33)25(14-26(32)39-30(41)19-10-11-19)38-23-9-7-8-22(28(23)43-5)20-12-13-24(37-16-20)31(42)40(4)17-21(15-35-2)29(34)44-6/h7-9,12-15,19,33,36-38H,1,10-11,16-17,34H2,2-6H3,(H2,32,39,41)/b25-14+,29-21-,33-27?,35-15?. The van der Waals surface area contributed by atoms with E-state index in [0.717, 1.165) is 24.0 Å². The number of amidine groups is 1. The zero-order valence-electron chi connectivity index (χ0n) is 25.8. The number of likely N-dealkylation sites (N-methyl/N-ethyl adjacent to an activating group) is 1. The van der Waals surface area contributed by atoms with Gasteiger partial charge in [-0.15, -0.1) is 0 Å². The molecule has 44 heavy (non-hydrogen) atoms. The molecule has 2 aliphatic rings. The second-order valence-corrected chi connectivity index (χ2v) is 10.1. The number of hydrogen-bond donors (Lipinski definition) is 6. The van der Waals surface area contributed by atoms with Crippen molar-refractivity contribution >= 4 is 40.8 Å². The molecule has 8 N–H and O–H groups in total. The van der Waals surface area contributed by atoms with Crippen molar-refractivity contribution in [1.82, 2.24) is 15.5 Å². The van der Waals surface area contributed by atoms with Gasteiger partial charge in [0.1, 0.15) is 23.0 Å². The minimum atomic E-state index is -0.267. The van der Waals surface area contributed by atoms with Crippen LogP contribution < -0.4 is 32.2 Å². The number of amides is 2. The fraction of sp³-hybridized carbons (Fsp3) is 0.323. The predicted octanol–water partition coefficient (Wildman–Crippen LogP) is 1.88. The molecular formula is C31H41N9O4. The first-order valence-electron chi connectivity index (χ1n) is 13.9. The lowest BCUT2D eigenvalue weighted by Gasteiger charge is -2.24. The van der Waals surface area contributed by atoms with Crippen LogP contribution in [0, 0.1) is 11.3 Å². The molecule has 1 saturated carbocycles. The first kappa shape index (κ1) is 33.2. The normalized spacial score (nSPS) is 15.8. The first-order chi connectivity index (χ1) is 21.0. The summed E-state index contributed by atoms with van der Waals surface area (Å²) >= 11 is 0. The summed E-state index contributed by atoms with van der Waals surface area (Å²) in [5.74, 6) is 0.0943. The number of carbonyl (C=O) groups is 2. The number of nitrogens with one attached hydrogen (secondary N) is 4. The number of hydrogen-bond acceptors (Lipinski definition) is 10. The van der Waals surface area contributed by atoms with Crippen molar-refractivity contribution in [2.24, 2.45) is 27.4 Å². The largest absolute Gasteiger partial charge is 0.494 e. The van der Waals surface area contributed by atoms with Crippen LogP contribution in [0.15, 0.2) is 81.5 Å². The molecule has 0 spiro atoms. The van der Waals surface area contributed by atoms with Crippen molar-refractivity contribution in [2.45, 2.75) is 12.8 Å². The summed E-state index contributed by atoms with van der Waals surface area (Å²) in [4.78, 5) is 34.8. The molecule has 13 nitrogen and oxygen atoms in total. The average molecular weight is 604 g/mol. The summed E-state index contributed by atoms with van der Waals surface area (Å²) < 4.78 is 10.9. The number of methoxy groups -OCH3 is 2. The number of ether oxygens (including phenoxy) is 2. The summed E-state index contributed by atoms with van der Waals surface area (Å²) in [6.45, 7) is 4.44. The highest BCUT2D eigenvalue weighted by Crippen LogP contribution is 2.35. The van der Waals surface area contributed by atoms with E-state index in [-0.39, 0.29) is 47.4 Å². The summed E-state index contributed by atoms with van der Waals surface area (Å²) in [6.07, 6.45) is 8.17. The summed E-state index contributed by atoms with van der Waals surface area (Å²) in [5, 5.41) is 17.9. The highest BCUT2D eigenvalue weighted by molar-refractivity contribution is 6.15. The Hall–Kier alpha value is -5.33. The monoisotopic (exact) mass is 603 g/mol. The molecule has 1 aromatic rings. The zero-order valence-corrected chi connectivity index (χ0v) is 25.8. The lowest BCUT2D eigenvalue weighted by molar-refractivity contribution is -0.125. The number of nitrogens with zero attached hydrogens (tertiary/aromatic N) is 3. The predicted molar refractivity (Wildman–Crippen MR) is 174 cm³/mol. The van der Waals surface area contributed by atoms with Gasteiger partial charge in [-0.3, -0.25) is 20.0 Å². The smallest absolute Gasteiger partial charge is 0.269 e. The average Bonchev–Trinajstić information content (AvgIpc) is 3.88. The number of carbonyl (C=O) groups excluding carboxylic acids is 2. The van der Waals surface area contributed by atoms with E-state index < -0.39 is 0 Å². The van der Waals surface area contributed by atoms with Crippen LogP contribution in [0.1, 0.15) is 18.4 Å². The highest BCUT2D eigenvalue weighted by atomic mass is 16.5. The molecule has 13 heteroatoms. The van der Waals surface area contributed by atoms with Gasteiger partial charge in [-0.05, 0) is 30.6 Å². The van der Waals surface area contributed by atoms with E-state index in [9.17, 15) is 9.59 Å². The Morgan fingerprint density at radius 3 is 2.55 bits per heavy atom. The highest BCUT2D eigenvalue weighted by Gasteiger charge is 2.29. The molecule has 2 amide bonds. The third-order valence-electron chi connectivity index (χ3n) is 6.89. The number of dihydropyridines is 1. The second kappa shape index (κ2) is 15.2. The fourth-order valence-electron chi connectivity index (χ4n) is 4.27. The van der Waals surface area contributed by atoms with Crippen molar-refractivity contribution in [1.29, 1.82) is 5.41 Å². The lowest BCUT2D eigenvalue weighted by atomic mass is 10.0. The maximum Gasteiger partial charge on any atom is 0.269 e. The molecule has 234 valence electrons. The number of anilines is 1. The van der Waals surface area contributed by atoms with Crippen molar-refractivity contribution in [2.75, 3.05) is 53.8 Å². The van der Waals surface area contributed by atoms with Crippen molar-refractivity contribution in [3.63, 3.8) is 0 Å². The number of rotatable bonds is 14. The minimum absolute atomic E-state index is 0.0193. The van der Waals surface area contributed by atoms with E-state index in [1.165, 1.54) is 18.1 Å². The SMILES string of the molecule is C=C(NC)C(=N)/C(=C\C(N)=NC(=O)C1CC1)Nc1cccc(C2=CC=C(C(=O)N(C)C/C(C=NC)=C(/N)OC)NC2)c1OC. The third kappa shape index (κ3) is 8.37. The number of para-hydroxylation sites is 1. The Bertz CT molecular complexity index is 1500. The van der Waals surface area contributed by atoms with Crippen LogP contribution in [-0.4, -0.2) is 82.9 Å². The van der Waals surface area contributed by atoms with E-state index in [1.807, 2.05) is 18.2 Å². The molecule has 1 aromatic carbocycles. The van der Waals surface area contributed by atoms with E-state index in [2.05, 4.69) is 32.5 Å². The first-order valence-corrected chi connectivity index (χ1v) is 13.9. The molecule has 1 heterocycles. The quantitative estimate of drug-likeness (QED) is 0.105. The van der Waals surface area contributed by atoms with Crippen molar-refractivity contribution < 1.29 is 19.1 Å². The molecule has 0 bridgehead atoms. The van der Waals surface area contributed by atoms with Gasteiger partial charge in [0.15, 0.2) is 5.88 Å². The Kier molecular flexibility index (Phi) is 11.5. The van der Waals surface area contributed by atoms with Gasteiger partial charge in [0.05, 0.1) is 37.8 Å². The molecule has 0 aromatic heterocycles. The Balaban J connectivity index is 1.89. The number of allylic oxidation sites excluding steroid dienone is 2. The Labute approximate surface area is 257 Å².